The van der Waals surface area contributed by atoms with E-state index in [1.54, 1.807) is 11.1 Å². The molecule has 3 N–H and O–H groups in total. The molecule has 2 bridgehead atoms. The second-order valence-electron chi connectivity index (χ2n) is 9.00. The van der Waals surface area contributed by atoms with E-state index < -0.39 is 5.91 Å². The number of hydrogen-bond donors (Lipinski definition) is 2. The lowest BCUT2D eigenvalue weighted by atomic mass is 9.43. The van der Waals surface area contributed by atoms with Crippen LogP contribution in [-0.4, -0.2) is 46.8 Å². The van der Waals surface area contributed by atoms with E-state index in [9.17, 15) is 9.59 Å². The van der Waals surface area contributed by atoms with E-state index in [4.69, 9.17) is 5.73 Å². The third-order valence-corrected chi connectivity index (χ3v) is 6.69. The maximum atomic E-state index is 12.1. The van der Waals surface area contributed by atoms with E-state index in [1.165, 1.54) is 19.3 Å². The Bertz CT molecular complexity index is 738. The molecule has 4 aliphatic rings. The summed E-state index contributed by atoms with van der Waals surface area (Å²) < 4.78 is 0. The van der Waals surface area contributed by atoms with Crippen molar-refractivity contribution in [1.29, 1.82) is 0 Å². The molecule has 4 fully saturated rings. The zero-order valence-corrected chi connectivity index (χ0v) is 16.2. The average Bonchev–Trinajstić information content (AvgIpc) is 2.57. The molecule has 5 rings (SSSR count). The zero-order valence-electron chi connectivity index (χ0n) is 16.2. The molecule has 146 valence electrons. The minimum atomic E-state index is -0.453. The standard InChI is InChI=1S/C20H29N5O2/c1-25(2)18(27)13-3-5-14(6-4-13)23-19-22-11-15(17(21)26)16(24-19)10-20-7-12(8-20)9-20/h11-14H,3-10H2,1-2H3,(H2,21,26)(H,22,23,24). The number of nitrogens with zero attached hydrogens (tertiary/aromatic N) is 3. The fourth-order valence-corrected chi connectivity index (χ4v) is 5.09. The van der Waals surface area contributed by atoms with Crippen molar-refractivity contribution in [3.63, 3.8) is 0 Å². The fraction of sp³-hybridized carbons (Fsp3) is 0.700. The lowest BCUT2D eigenvalue weighted by Crippen LogP contribution is -2.53. The van der Waals surface area contributed by atoms with Crippen LogP contribution in [0.4, 0.5) is 5.95 Å². The topological polar surface area (TPSA) is 101 Å². The van der Waals surface area contributed by atoms with E-state index >= 15 is 0 Å². The molecule has 1 aromatic heterocycles. The van der Waals surface area contributed by atoms with Gasteiger partial charge in [-0.25, -0.2) is 9.97 Å². The number of carbonyl (C=O) groups excluding carboxylic acids is 2. The van der Waals surface area contributed by atoms with Crippen LogP contribution in [0.15, 0.2) is 6.20 Å². The Balaban J connectivity index is 1.40. The van der Waals surface area contributed by atoms with E-state index in [-0.39, 0.29) is 17.9 Å². The Kier molecular flexibility index (Phi) is 4.56. The van der Waals surface area contributed by atoms with Crippen LogP contribution in [0, 0.1) is 17.3 Å². The van der Waals surface area contributed by atoms with Crippen LogP contribution < -0.4 is 11.1 Å². The lowest BCUT2D eigenvalue weighted by Gasteiger charge is -2.62. The molecule has 1 aromatic rings. The third kappa shape index (κ3) is 3.51. The van der Waals surface area contributed by atoms with Gasteiger partial charge in [0.05, 0.1) is 11.3 Å². The number of amides is 2. The predicted octanol–water partition coefficient (Wildman–Crippen LogP) is 1.98. The molecule has 0 aliphatic heterocycles. The normalized spacial score (nSPS) is 31.4. The summed E-state index contributed by atoms with van der Waals surface area (Å²) in [6.45, 7) is 0. The minimum Gasteiger partial charge on any atom is -0.365 e. The molecule has 1 heterocycles. The largest absolute Gasteiger partial charge is 0.365 e. The molecule has 7 nitrogen and oxygen atoms in total. The first-order chi connectivity index (χ1) is 12.8. The van der Waals surface area contributed by atoms with Crippen molar-refractivity contribution >= 4 is 17.8 Å². The second kappa shape index (κ2) is 6.77. The number of nitrogens with two attached hydrogens (primary N) is 1. The first-order valence-electron chi connectivity index (χ1n) is 9.99. The van der Waals surface area contributed by atoms with E-state index in [1.807, 2.05) is 14.1 Å². The number of nitrogens with one attached hydrogen (secondary N) is 1. The molecule has 0 saturated heterocycles. The first-order valence-corrected chi connectivity index (χ1v) is 9.99. The van der Waals surface area contributed by atoms with Crippen molar-refractivity contribution < 1.29 is 9.59 Å². The Morgan fingerprint density at radius 3 is 2.41 bits per heavy atom. The van der Waals surface area contributed by atoms with Gasteiger partial charge in [0.15, 0.2) is 0 Å². The second-order valence-corrected chi connectivity index (χ2v) is 9.00. The Morgan fingerprint density at radius 1 is 1.22 bits per heavy atom. The maximum Gasteiger partial charge on any atom is 0.252 e. The molecule has 27 heavy (non-hydrogen) atoms. The third-order valence-electron chi connectivity index (χ3n) is 6.69. The molecule has 0 aromatic carbocycles. The van der Waals surface area contributed by atoms with E-state index in [0.29, 0.717) is 16.9 Å². The van der Waals surface area contributed by atoms with Crippen LogP contribution >= 0.6 is 0 Å². The van der Waals surface area contributed by atoms with Gasteiger partial charge in [-0.3, -0.25) is 9.59 Å². The summed E-state index contributed by atoms with van der Waals surface area (Å²) in [5.41, 5.74) is 7.12. The molecule has 2 amide bonds. The monoisotopic (exact) mass is 371 g/mol. The lowest BCUT2D eigenvalue weighted by molar-refractivity contribution is -0.133. The quantitative estimate of drug-likeness (QED) is 0.796. The first kappa shape index (κ1) is 18.2. The van der Waals surface area contributed by atoms with Gasteiger partial charge in [0.1, 0.15) is 0 Å². The van der Waals surface area contributed by atoms with Crippen molar-refractivity contribution in [3.8, 4) is 0 Å². The summed E-state index contributed by atoms with van der Waals surface area (Å²) >= 11 is 0. The molecule has 0 radical (unpaired) electrons. The molecular formula is C20H29N5O2. The Labute approximate surface area is 160 Å². The van der Waals surface area contributed by atoms with Gasteiger partial charge in [0.25, 0.3) is 5.91 Å². The van der Waals surface area contributed by atoms with Crippen LogP contribution in [0.25, 0.3) is 0 Å². The molecule has 0 unspecified atom stereocenters. The van der Waals surface area contributed by atoms with Crippen LogP contribution in [-0.2, 0) is 11.2 Å². The van der Waals surface area contributed by atoms with E-state index in [0.717, 1.165) is 43.7 Å². The Hall–Kier alpha value is -2.18. The maximum absolute atomic E-state index is 12.1. The smallest absolute Gasteiger partial charge is 0.252 e. The summed E-state index contributed by atoms with van der Waals surface area (Å²) in [7, 11) is 3.63. The molecule has 4 saturated carbocycles. The van der Waals surface area contributed by atoms with Gasteiger partial charge >= 0.3 is 0 Å². The number of aromatic nitrogens is 2. The van der Waals surface area contributed by atoms with Crippen molar-refractivity contribution in [1.82, 2.24) is 14.9 Å². The minimum absolute atomic E-state index is 0.121. The van der Waals surface area contributed by atoms with Crippen LogP contribution in [0.1, 0.15) is 61.0 Å². The highest BCUT2D eigenvalue weighted by Gasteiger charge is 2.56. The molecule has 7 heteroatoms. The number of rotatable bonds is 6. The molecule has 4 aliphatic carbocycles. The van der Waals surface area contributed by atoms with Gasteiger partial charge in [0.2, 0.25) is 11.9 Å². The van der Waals surface area contributed by atoms with Crippen molar-refractivity contribution in [2.45, 2.75) is 57.4 Å². The van der Waals surface area contributed by atoms with Gasteiger partial charge in [-0.2, -0.15) is 0 Å². The summed E-state index contributed by atoms with van der Waals surface area (Å²) in [6, 6.07) is 0.262. The zero-order chi connectivity index (χ0) is 19.2. The number of primary amides is 1. The SMILES string of the molecule is CN(C)C(=O)C1CCC(Nc2ncc(C(N)=O)c(CC34CC(C3)C4)n2)CC1. The average molecular weight is 371 g/mol. The summed E-state index contributed by atoms with van der Waals surface area (Å²) in [4.78, 5) is 34.6. The van der Waals surface area contributed by atoms with Gasteiger partial charge < -0.3 is 16.0 Å². The predicted molar refractivity (Wildman–Crippen MR) is 102 cm³/mol. The van der Waals surface area contributed by atoms with Crippen LogP contribution in [0.5, 0.6) is 0 Å². The van der Waals surface area contributed by atoms with Crippen molar-refractivity contribution in [2.24, 2.45) is 23.0 Å². The van der Waals surface area contributed by atoms with Crippen LogP contribution in [0.3, 0.4) is 0 Å². The van der Waals surface area contributed by atoms with Crippen molar-refractivity contribution in [2.75, 3.05) is 19.4 Å². The van der Waals surface area contributed by atoms with Crippen LogP contribution in [0.2, 0.25) is 0 Å². The molecule has 0 spiro atoms. The summed E-state index contributed by atoms with van der Waals surface area (Å²) in [6.07, 6.45) is 9.75. The summed E-state index contributed by atoms with van der Waals surface area (Å²) in [5.74, 6) is 1.35. The number of anilines is 1. The van der Waals surface area contributed by atoms with Gasteiger partial charge in [-0.1, -0.05) is 0 Å². The summed E-state index contributed by atoms with van der Waals surface area (Å²) in [5, 5.41) is 3.41. The fourth-order valence-electron chi connectivity index (χ4n) is 5.09. The Morgan fingerprint density at radius 2 is 1.89 bits per heavy atom. The van der Waals surface area contributed by atoms with E-state index in [2.05, 4.69) is 15.3 Å². The van der Waals surface area contributed by atoms with Gasteiger partial charge in [0, 0.05) is 32.3 Å². The molecular weight excluding hydrogens is 342 g/mol. The molecule has 0 atom stereocenters. The number of carbonyl (C=O) groups is 2. The van der Waals surface area contributed by atoms with Gasteiger partial charge in [-0.15, -0.1) is 0 Å². The highest BCUT2D eigenvalue weighted by atomic mass is 16.2. The van der Waals surface area contributed by atoms with Gasteiger partial charge in [-0.05, 0) is 62.7 Å². The highest BCUT2D eigenvalue weighted by molar-refractivity contribution is 5.93. The number of hydrogen-bond acceptors (Lipinski definition) is 5. The highest BCUT2D eigenvalue weighted by Crippen LogP contribution is 2.65. The van der Waals surface area contributed by atoms with Crippen molar-refractivity contribution in [3.05, 3.63) is 17.5 Å².